The molecule has 0 amide bonds. The standard InChI is InChI=1S/C9H9ClF2O2S/c1-2-9(11,12)7-3-5-8(6-4-7)15(10,13)14/h3-6H,2H2,1H3. The lowest BCUT2D eigenvalue weighted by Crippen LogP contribution is -2.11. The average Bonchev–Trinajstić information content (AvgIpc) is 2.17. The normalized spacial score (nSPS) is 12.8. The highest BCUT2D eigenvalue weighted by atomic mass is 35.7. The number of hydrogen-bond donors (Lipinski definition) is 0. The van der Waals surface area contributed by atoms with E-state index in [4.69, 9.17) is 10.7 Å². The van der Waals surface area contributed by atoms with Crippen molar-refractivity contribution in [3.63, 3.8) is 0 Å². The van der Waals surface area contributed by atoms with Gasteiger partial charge in [-0.2, -0.15) is 0 Å². The first-order valence-corrected chi connectivity index (χ1v) is 6.51. The third-order valence-corrected chi connectivity index (χ3v) is 3.37. The van der Waals surface area contributed by atoms with Crippen molar-refractivity contribution >= 4 is 19.7 Å². The molecule has 0 aliphatic heterocycles. The molecule has 0 aromatic heterocycles. The molecule has 0 aliphatic carbocycles. The summed E-state index contributed by atoms with van der Waals surface area (Å²) in [5, 5.41) is 0. The molecule has 6 heteroatoms. The maximum Gasteiger partial charge on any atom is 0.273 e. The molecule has 0 heterocycles. The summed E-state index contributed by atoms with van der Waals surface area (Å²) < 4.78 is 47.9. The Kier molecular flexibility index (Phi) is 3.35. The Bertz CT molecular complexity index is 440. The Morgan fingerprint density at radius 1 is 1.27 bits per heavy atom. The number of rotatable bonds is 3. The number of halogens is 3. The fraction of sp³-hybridized carbons (Fsp3) is 0.333. The van der Waals surface area contributed by atoms with Gasteiger partial charge in [0.05, 0.1) is 4.90 Å². The molecule has 1 aromatic carbocycles. The Morgan fingerprint density at radius 3 is 2.07 bits per heavy atom. The second kappa shape index (κ2) is 4.06. The van der Waals surface area contributed by atoms with Crippen molar-refractivity contribution in [1.29, 1.82) is 0 Å². The summed E-state index contributed by atoms with van der Waals surface area (Å²) in [6, 6.07) is 4.28. The van der Waals surface area contributed by atoms with E-state index < -0.39 is 15.0 Å². The lowest BCUT2D eigenvalue weighted by atomic mass is 10.1. The summed E-state index contributed by atoms with van der Waals surface area (Å²) in [7, 11) is 1.20. The second-order valence-corrected chi connectivity index (χ2v) is 5.59. The molecule has 1 rings (SSSR count). The van der Waals surface area contributed by atoms with Crippen molar-refractivity contribution < 1.29 is 17.2 Å². The van der Waals surface area contributed by atoms with E-state index in [1.54, 1.807) is 0 Å². The van der Waals surface area contributed by atoms with Gasteiger partial charge in [0.2, 0.25) is 0 Å². The van der Waals surface area contributed by atoms with Crippen LogP contribution < -0.4 is 0 Å². The maximum atomic E-state index is 13.1. The van der Waals surface area contributed by atoms with Crippen molar-refractivity contribution in [1.82, 2.24) is 0 Å². The van der Waals surface area contributed by atoms with Crippen molar-refractivity contribution in [2.24, 2.45) is 0 Å². The van der Waals surface area contributed by atoms with E-state index in [0.717, 1.165) is 24.3 Å². The van der Waals surface area contributed by atoms with Crippen LogP contribution in [0.1, 0.15) is 18.9 Å². The lowest BCUT2D eigenvalue weighted by molar-refractivity contribution is -0.00833. The highest BCUT2D eigenvalue weighted by Gasteiger charge is 2.28. The molecule has 84 valence electrons. The van der Waals surface area contributed by atoms with Gasteiger partial charge in [-0.1, -0.05) is 19.1 Å². The van der Waals surface area contributed by atoms with Crippen LogP contribution in [0.2, 0.25) is 0 Å². The third kappa shape index (κ3) is 2.89. The topological polar surface area (TPSA) is 34.1 Å². The van der Waals surface area contributed by atoms with Crippen molar-refractivity contribution in [2.45, 2.75) is 24.2 Å². The van der Waals surface area contributed by atoms with E-state index in [1.807, 2.05) is 0 Å². The predicted octanol–water partition coefficient (Wildman–Crippen LogP) is 3.12. The average molecular weight is 255 g/mol. The quantitative estimate of drug-likeness (QED) is 0.777. The molecule has 0 N–H and O–H groups in total. The van der Waals surface area contributed by atoms with Crippen molar-refractivity contribution in [3.8, 4) is 0 Å². The van der Waals surface area contributed by atoms with Gasteiger partial charge in [-0.15, -0.1) is 0 Å². The Hall–Kier alpha value is -0.680. The largest absolute Gasteiger partial charge is 0.273 e. The van der Waals surface area contributed by atoms with Crippen LogP contribution in [0.25, 0.3) is 0 Å². The summed E-state index contributed by atoms with van der Waals surface area (Å²) in [4.78, 5) is -0.181. The third-order valence-electron chi connectivity index (χ3n) is 2.00. The van der Waals surface area contributed by atoms with Crippen LogP contribution in [-0.4, -0.2) is 8.42 Å². The Morgan fingerprint density at radius 2 is 1.73 bits per heavy atom. The molecule has 1 aromatic rings. The molecular weight excluding hydrogens is 246 g/mol. The molecule has 0 atom stereocenters. The molecule has 0 saturated carbocycles. The van der Waals surface area contributed by atoms with Crippen LogP contribution in [0.15, 0.2) is 29.2 Å². The van der Waals surface area contributed by atoms with Gasteiger partial charge >= 0.3 is 0 Å². The van der Waals surface area contributed by atoms with E-state index in [2.05, 4.69) is 0 Å². The van der Waals surface area contributed by atoms with Gasteiger partial charge < -0.3 is 0 Å². The van der Waals surface area contributed by atoms with E-state index in [0.29, 0.717) is 0 Å². The minimum atomic E-state index is -3.84. The molecule has 0 unspecified atom stereocenters. The van der Waals surface area contributed by atoms with Crippen LogP contribution in [-0.2, 0) is 15.0 Å². The van der Waals surface area contributed by atoms with Gasteiger partial charge in [-0.25, -0.2) is 17.2 Å². The van der Waals surface area contributed by atoms with Crippen LogP contribution >= 0.6 is 10.7 Å². The predicted molar refractivity (Wildman–Crippen MR) is 53.7 cm³/mol. The van der Waals surface area contributed by atoms with Gasteiger partial charge in [-0.3, -0.25) is 0 Å². The number of hydrogen-bond acceptors (Lipinski definition) is 2. The maximum absolute atomic E-state index is 13.1. The number of alkyl halides is 2. The van der Waals surface area contributed by atoms with Crippen LogP contribution in [0.3, 0.4) is 0 Å². The molecule has 0 bridgehead atoms. The van der Waals surface area contributed by atoms with Crippen LogP contribution in [0.5, 0.6) is 0 Å². The van der Waals surface area contributed by atoms with Gasteiger partial charge in [-0.05, 0) is 12.1 Å². The smallest absolute Gasteiger partial charge is 0.207 e. The summed E-state index contributed by atoms with van der Waals surface area (Å²) in [5.41, 5.74) is -0.214. The highest BCUT2D eigenvalue weighted by molar-refractivity contribution is 8.13. The molecule has 0 radical (unpaired) electrons. The zero-order chi connectivity index (χ0) is 11.7. The molecule has 0 saturated heterocycles. The number of benzene rings is 1. The monoisotopic (exact) mass is 254 g/mol. The van der Waals surface area contributed by atoms with Gasteiger partial charge in [0.1, 0.15) is 0 Å². The van der Waals surface area contributed by atoms with E-state index >= 15 is 0 Å². The fourth-order valence-electron chi connectivity index (χ4n) is 1.07. The summed E-state index contributed by atoms with van der Waals surface area (Å²) >= 11 is 0. The minimum Gasteiger partial charge on any atom is -0.207 e. The first kappa shape index (κ1) is 12.4. The van der Waals surface area contributed by atoms with Crippen LogP contribution in [0, 0.1) is 0 Å². The van der Waals surface area contributed by atoms with Gasteiger partial charge in [0, 0.05) is 22.7 Å². The first-order valence-electron chi connectivity index (χ1n) is 4.20. The lowest BCUT2D eigenvalue weighted by Gasteiger charge is -2.14. The van der Waals surface area contributed by atoms with Gasteiger partial charge in [0.25, 0.3) is 15.0 Å². The summed E-state index contributed by atoms with van der Waals surface area (Å²) in [5.74, 6) is -2.94. The molecule has 0 aliphatic rings. The van der Waals surface area contributed by atoms with E-state index in [-0.39, 0.29) is 16.9 Å². The van der Waals surface area contributed by atoms with Crippen molar-refractivity contribution in [3.05, 3.63) is 29.8 Å². The molecular formula is C9H9ClF2O2S. The molecule has 0 spiro atoms. The van der Waals surface area contributed by atoms with Crippen LogP contribution in [0.4, 0.5) is 8.78 Å². The fourth-order valence-corrected chi connectivity index (χ4v) is 1.84. The molecule has 15 heavy (non-hydrogen) atoms. The summed E-state index contributed by atoms with van der Waals surface area (Å²) in [6.45, 7) is 1.35. The Labute approximate surface area is 91.3 Å². The Balaban J connectivity index is 3.12. The molecule has 2 nitrogen and oxygen atoms in total. The van der Waals surface area contributed by atoms with Crippen molar-refractivity contribution in [2.75, 3.05) is 0 Å². The van der Waals surface area contributed by atoms with E-state index in [9.17, 15) is 17.2 Å². The highest BCUT2D eigenvalue weighted by Crippen LogP contribution is 2.31. The zero-order valence-electron chi connectivity index (χ0n) is 7.88. The second-order valence-electron chi connectivity index (χ2n) is 3.02. The molecule has 0 fully saturated rings. The zero-order valence-corrected chi connectivity index (χ0v) is 9.45. The van der Waals surface area contributed by atoms with E-state index in [1.165, 1.54) is 6.92 Å². The first-order chi connectivity index (χ1) is 6.77. The van der Waals surface area contributed by atoms with Gasteiger partial charge in [0.15, 0.2) is 0 Å². The SMILES string of the molecule is CCC(F)(F)c1ccc(S(=O)(=O)Cl)cc1. The summed E-state index contributed by atoms with van der Waals surface area (Å²) in [6.07, 6.45) is -0.333. The minimum absolute atomic E-state index is 0.181.